The minimum atomic E-state index is -2.91. The van der Waals surface area contributed by atoms with Crippen molar-refractivity contribution in [2.75, 3.05) is 33.4 Å². The summed E-state index contributed by atoms with van der Waals surface area (Å²) >= 11 is 0. The molecule has 1 saturated heterocycles. The lowest BCUT2D eigenvalue weighted by Crippen LogP contribution is -2.48. The number of carbonyl (C=O) groups is 1. The molecule has 0 radical (unpaired) electrons. The maximum atomic E-state index is 12.5. The molecule has 7 nitrogen and oxygen atoms in total. The van der Waals surface area contributed by atoms with E-state index >= 15 is 0 Å². The number of ether oxygens (including phenoxy) is 3. The van der Waals surface area contributed by atoms with Crippen LogP contribution in [0.15, 0.2) is 23.2 Å². The molecular weight excluding hydrogens is 511 g/mol. The Morgan fingerprint density at radius 1 is 1.30 bits per heavy atom. The highest BCUT2D eigenvalue weighted by Gasteiger charge is 2.28. The van der Waals surface area contributed by atoms with E-state index in [4.69, 9.17) is 9.47 Å². The third-order valence-corrected chi connectivity index (χ3v) is 4.53. The number of halogens is 3. The Hall–Kier alpha value is -1.85. The summed E-state index contributed by atoms with van der Waals surface area (Å²) in [6.45, 7) is 3.12. The summed E-state index contributed by atoms with van der Waals surface area (Å²) in [4.78, 5) is 18.4. The van der Waals surface area contributed by atoms with Gasteiger partial charge >= 0.3 is 12.6 Å². The van der Waals surface area contributed by atoms with Gasteiger partial charge in [-0.2, -0.15) is 8.78 Å². The first-order valence-electron chi connectivity index (χ1n) is 9.81. The van der Waals surface area contributed by atoms with Crippen LogP contribution >= 0.6 is 24.0 Å². The quantitative estimate of drug-likeness (QED) is 0.235. The van der Waals surface area contributed by atoms with Crippen LogP contribution in [0.1, 0.15) is 32.3 Å². The van der Waals surface area contributed by atoms with Gasteiger partial charge in [-0.25, -0.2) is 0 Å². The van der Waals surface area contributed by atoms with Crippen molar-refractivity contribution < 1.29 is 27.8 Å². The molecule has 1 N–H and O–H groups in total. The van der Waals surface area contributed by atoms with E-state index in [1.165, 1.54) is 6.07 Å². The summed E-state index contributed by atoms with van der Waals surface area (Å²) in [5, 5.41) is 3.26. The van der Waals surface area contributed by atoms with Gasteiger partial charge in [0.25, 0.3) is 0 Å². The number of aliphatic imine (C=N–C) groups is 1. The Morgan fingerprint density at radius 3 is 2.70 bits per heavy atom. The zero-order valence-corrected chi connectivity index (χ0v) is 19.9. The van der Waals surface area contributed by atoms with E-state index < -0.39 is 6.61 Å². The maximum absolute atomic E-state index is 12.5. The molecule has 30 heavy (non-hydrogen) atoms. The lowest BCUT2D eigenvalue weighted by atomic mass is 9.98. The molecule has 1 aromatic rings. The minimum Gasteiger partial charge on any atom is -0.490 e. The average Bonchev–Trinajstić information content (AvgIpc) is 2.70. The number of hydrogen-bond acceptors (Lipinski definition) is 5. The lowest BCUT2D eigenvalue weighted by molar-refractivity contribution is -0.149. The number of esters is 1. The number of rotatable bonds is 8. The molecule has 0 aromatic heterocycles. The molecule has 1 atom stereocenters. The second-order valence-corrected chi connectivity index (χ2v) is 6.53. The van der Waals surface area contributed by atoms with Crippen LogP contribution in [0.25, 0.3) is 0 Å². The predicted octanol–water partition coefficient (Wildman–Crippen LogP) is 3.66. The SMILES string of the molecule is CCOC(=O)C1CCCN(C(=NC)NCc2ccc(OC(F)F)c(OCC)c2)C1.I. The fraction of sp³-hybridized carbons (Fsp3) is 0.600. The Morgan fingerprint density at radius 2 is 2.07 bits per heavy atom. The van der Waals surface area contributed by atoms with Crippen molar-refractivity contribution in [2.24, 2.45) is 10.9 Å². The second-order valence-electron chi connectivity index (χ2n) is 6.53. The van der Waals surface area contributed by atoms with Crippen molar-refractivity contribution in [3.05, 3.63) is 23.8 Å². The van der Waals surface area contributed by atoms with Crippen LogP contribution in [0.3, 0.4) is 0 Å². The Bertz CT molecular complexity index is 707. The molecule has 170 valence electrons. The molecule has 1 fully saturated rings. The Kier molecular flexibility index (Phi) is 11.7. The molecule has 1 aliphatic rings. The molecule has 0 saturated carbocycles. The number of guanidine groups is 1. The number of nitrogens with zero attached hydrogens (tertiary/aromatic N) is 2. The molecule has 0 aliphatic carbocycles. The molecule has 1 unspecified atom stereocenters. The summed E-state index contributed by atoms with van der Waals surface area (Å²) < 4.78 is 40.1. The summed E-state index contributed by atoms with van der Waals surface area (Å²) in [7, 11) is 1.68. The van der Waals surface area contributed by atoms with Crippen LogP contribution in [0.5, 0.6) is 11.5 Å². The normalized spacial score (nSPS) is 16.7. The molecule has 1 heterocycles. The zero-order chi connectivity index (χ0) is 21.2. The maximum Gasteiger partial charge on any atom is 0.387 e. The van der Waals surface area contributed by atoms with Crippen LogP contribution in [-0.4, -0.2) is 56.8 Å². The predicted molar refractivity (Wildman–Crippen MR) is 121 cm³/mol. The fourth-order valence-electron chi connectivity index (χ4n) is 3.26. The van der Waals surface area contributed by atoms with Gasteiger partial charge in [-0.1, -0.05) is 6.07 Å². The van der Waals surface area contributed by atoms with Gasteiger partial charge in [0, 0.05) is 26.7 Å². The van der Waals surface area contributed by atoms with E-state index in [2.05, 4.69) is 15.0 Å². The van der Waals surface area contributed by atoms with Gasteiger partial charge < -0.3 is 24.4 Å². The first kappa shape index (κ1) is 26.2. The molecule has 2 rings (SSSR count). The third-order valence-electron chi connectivity index (χ3n) is 4.53. The van der Waals surface area contributed by atoms with E-state index in [0.717, 1.165) is 24.9 Å². The highest BCUT2D eigenvalue weighted by Crippen LogP contribution is 2.30. The van der Waals surface area contributed by atoms with E-state index in [0.29, 0.717) is 32.3 Å². The topological polar surface area (TPSA) is 72.4 Å². The van der Waals surface area contributed by atoms with Crippen molar-refractivity contribution in [2.45, 2.75) is 39.8 Å². The van der Waals surface area contributed by atoms with Gasteiger partial charge in [-0.15, -0.1) is 24.0 Å². The van der Waals surface area contributed by atoms with Crippen molar-refractivity contribution in [1.29, 1.82) is 0 Å². The highest BCUT2D eigenvalue weighted by molar-refractivity contribution is 14.0. The first-order valence-corrected chi connectivity index (χ1v) is 9.81. The van der Waals surface area contributed by atoms with Crippen LogP contribution in [-0.2, 0) is 16.1 Å². The summed E-state index contributed by atoms with van der Waals surface area (Å²) in [5.74, 6) is 0.594. The van der Waals surface area contributed by atoms with Crippen LogP contribution in [0.4, 0.5) is 8.78 Å². The number of carbonyl (C=O) groups excluding carboxylic acids is 1. The van der Waals surface area contributed by atoms with Crippen molar-refractivity contribution in [3.8, 4) is 11.5 Å². The summed E-state index contributed by atoms with van der Waals surface area (Å²) in [6, 6.07) is 4.83. The smallest absolute Gasteiger partial charge is 0.387 e. The molecule has 1 aliphatic heterocycles. The fourth-order valence-corrected chi connectivity index (χ4v) is 3.26. The molecule has 1 aromatic carbocycles. The first-order chi connectivity index (χ1) is 14.0. The average molecular weight is 541 g/mol. The molecule has 0 amide bonds. The third kappa shape index (κ3) is 7.77. The van der Waals surface area contributed by atoms with Gasteiger partial charge in [0.2, 0.25) is 0 Å². The van der Waals surface area contributed by atoms with Gasteiger partial charge in [0.05, 0.1) is 19.1 Å². The molecule has 10 heteroatoms. The van der Waals surface area contributed by atoms with E-state index in [9.17, 15) is 13.6 Å². The highest BCUT2D eigenvalue weighted by atomic mass is 127. The lowest BCUT2D eigenvalue weighted by Gasteiger charge is -2.34. The molecule has 0 spiro atoms. The molecular formula is C20H30F2IN3O4. The standard InChI is InChI=1S/C20H29F2N3O4.HI/c1-4-27-17-11-14(8-9-16(17)29-19(21)22)12-24-20(23-3)25-10-6-7-15(13-25)18(26)28-5-2;/h8-9,11,15,19H,4-7,10,12-13H2,1-3H3,(H,23,24);1H. The number of alkyl halides is 2. The van der Waals surface area contributed by atoms with Gasteiger partial charge in [-0.05, 0) is 44.4 Å². The summed E-state index contributed by atoms with van der Waals surface area (Å²) in [6.07, 6.45) is 1.67. The van der Waals surface area contributed by atoms with Crippen LogP contribution in [0.2, 0.25) is 0 Å². The van der Waals surface area contributed by atoms with E-state index in [-0.39, 0.29) is 47.4 Å². The number of nitrogens with one attached hydrogen (secondary N) is 1. The minimum absolute atomic E-state index is 0. The number of hydrogen-bond donors (Lipinski definition) is 1. The van der Waals surface area contributed by atoms with Gasteiger partial charge in [-0.3, -0.25) is 9.79 Å². The Balaban J connectivity index is 0.00000450. The number of benzene rings is 1. The van der Waals surface area contributed by atoms with Gasteiger partial charge in [0.15, 0.2) is 17.5 Å². The monoisotopic (exact) mass is 541 g/mol. The van der Waals surface area contributed by atoms with Crippen molar-refractivity contribution >= 4 is 35.9 Å². The van der Waals surface area contributed by atoms with Gasteiger partial charge in [0.1, 0.15) is 0 Å². The second kappa shape index (κ2) is 13.5. The van der Waals surface area contributed by atoms with Crippen molar-refractivity contribution in [3.63, 3.8) is 0 Å². The van der Waals surface area contributed by atoms with E-state index in [1.54, 1.807) is 33.0 Å². The zero-order valence-electron chi connectivity index (χ0n) is 17.5. The number of piperidine rings is 1. The largest absolute Gasteiger partial charge is 0.490 e. The van der Waals surface area contributed by atoms with E-state index in [1.807, 2.05) is 4.90 Å². The van der Waals surface area contributed by atoms with Crippen LogP contribution in [0, 0.1) is 5.92 Å². The Labute approximate surface area is 193 Å². The summed E-state index contributed by atoms with van der Waals surface area (Å²) in [5.41, 5.74) is 0.829. The van der Waals surface area contributed by atoms with Crippen molar-refractivity contribution in [1.82, 2.24) is 10.2 Å². The van der Waals surface area contributed by atoms with Crippen LogP contribution < -0.4 is 14.8 Å². The molecule has 0 bridgehead atoms. The number of likely N-dealkylation sites (tertiary alicyclic amines) is 1.